The van der Waals surface area contributed by atoms with E-state index in [1.54, 1.807) is 13.2 Å². The highest BCUT2D eigenvalue weighted by atomic mass is 32.1. The lowest BCUT2D eigenvalue weighted by Crippen LogP contribution is -2.48. The van der Waals surface area contributed by atoms with E-state index in [9.17, 15) is 9.59 Å². The number of benzene rings is 2. The lowest BCUT2D eigenvalue weighted by Gasteiger charge is -2.34. The monoisotopic (exact) mass is 461 g/mol. The fourth-order valence-corrected chi connectivity index (χ4v) is 4.82. The van der Waals surface area contributed by atoms with Gasteiger partial charge in [-0.1, -0.05) is 29.5 Å². The number of nitrogens with zero attached hydrogens (tertiary/aromatic N) is 5. The quantitative estimate of drug-likeness (QED) is 0.455. The van der Waals surface area contributed by atoms with Gasteiger partial charge in [0.25, 0.3) is 11.5 Å². The molecule has 0 spiro atoms. The SMILES string of the molecule is COc1ccc(-c2nn3c(=O)cc(CN4CCN(C(=O)c5ccccc5)CC4)nc3s2)cc1. The molecule has 0 radical (unpaired) electrons. The molecule has 0 N–H and O–H groups in total. The Morgan fingerprint density at radius 3 is 2.45 bits per heavy atom. The Bertz CT molecular complexity index is 1330. The molecule has 2 aromatic carbocycles. The van der Waals surface area contributed by atoms with E-state index in [0.717, 1.165) is 29.4 Å². The molecular weight excluding hydrogens is 438 g/mol. The van der Waals surface area contributed by atoms with Gasteiger partial charge in [-0.2, -0.15) is 9.61 Å². The molecule has 33 heavy (non-hydrogen) atoms. The van der Waals surface area contributed by atoms with Crippen molar-refractivity contribution in [3.05, 3.63) is 82.3 Å². The predicted molar refractivity (Wildman–Crippen MR) is 127 cm³/mol. The second-order valence-corrected chi connectivity index (χ2v) is 8.81. The molecule has 0 unspecified atom stereocenters. The summed E-state index contributed by atoms with van der Waals surface area (Å²) in [6.45, 7) is 3.34. The normalized spacial score (nSPS) is 14.5. The summed E-state index contributed by atoms with van der Waals surface area (Å²) in [6.07, 6.45) is 0. The summed E-state index contributed by atoms with van der Waals surface area (Å²) in [6, 6.07) is 18.5. The standard InChI is InChI=1S/C24H23N5O3S/c1-32-20-9-7-17(8-10-20)22-26-29-21(30)15-19(25-24(29)33-22)16-27-11-13-28(14-12-27)23(31)18-5-3-2-4-6-18/h2-10,15H,11-14,16H2,1H3. The van der Waals surface area contributed by atoms with E-state index >= 15 is 0 Å². The summed E-state index contributed by atoms with van der Waals surface area (Å²) in [5, 5.41) is 5.17. The zero-order chi connectivity index (χ0) is 22.8. The van der Waals surface area contributed by atoms with Gasteiger partial charge >= 0.3 is 0 Å². The van der Waals surface area contributed by atoms with E-state index in [1.807, 2.05) is 59.5 Å². The highest BCUT2D eigenvalue weighted by molar-refractivity contribution is 7.19. The van der Waals surface area contributed by atoms with Crippen molar-refractivity contribution in [1.82, 2.24) is 24.4 Å². The number of ether oxygens (including phenoxy) is 1. The molecule has 3 heterocycles. The van der Waals surface area contributed by atoms with Crippen molar-refractivity contribution in [2.75, 3.05) is 33.3 Å². The van der Waals surface area contributed by atoms with E-state index < -0.39 is 0 Å². The van der Waals surface area contributed by atoms with Crippen LogP contribution in [0.5, 0.6) is 5.75 Å². The molecule has 1 amide bonds. The Balaban J connectivity index is 1.28. The molecule has 9 heteroatoms. The average molecular weight is 462 g/mol. The van der Waals surface area contributed by atoms with Crippen molar-refractivity contribution >= 4 is 22.2 Å². The van der Waals surface area contributed by atoms with Crippen LogP contribution in [-0.2, 0) is 6.54 Å². The van der Waals surface area contributed by atoms with Crippen LogP contribution in [0.1, 0.15) is 16.1 Å². The second-order valence-electron chi connectivity index (χ2n) is 7.85. The number of rotatable bonds is 5. The molecule has 1 aliphatic heterocycles. The van der Waals surface area contributed by atoms with Gasteiger partial charge in [-0.3, -0.25) is 14.5 Å². The molecule has 5 rings (SSSR count). The second kappa shape index (κ2) is 9.13. The number of hydrogen-bond acceptors (Lipinski definition) is 7. The Kier molecular flexibility index (Phi) is 5.89. The first-order valence-corrected chi connectivity index (χ1v) is 11.5. The van der Waals surface area contributed by atoms with Crippen LogP contribution in [0.3, 0.4) is 0 Å². The molecule has 0 atom stereocenters. The number of hydrogen-bond donors (Lipinski definition) is 0. The third-order valence-corrected chi connectivity index (χ3v) is 6.66. The summed E-state index contributed by atoms with van der Waals surface area (Å²) in [7, 11) is 1.62. The van der Waals surface area contributed by atoms with Crippen LogP contribution >= 0.6 is 11.3 Å². The first kappa shape index (κ1) is 21.3. The molecular formula is C24H23N5O3S. The van der Waals surface area contributed by atoms with Crippen LogP contribution in [0, 0.1) is 0 Å². The van der Waals surface area contributed by atoms with Gasteiger partial charge in [0, 0.05) is 49.9 Å². The first-order valence-electron chi connectivity index (χ1n) is 10.7. The minimum absolute atomic E-state index is 0.0590. The Morgan fingerprint density at radius 1 is 1.03 bits per heavy atom. The highest BCUT2D eigenvalue weighted by Gasteiger charge is 2.22. The maximum Gasteiger partial charge on any atom is 0.275 e. The van der Waals surface area contributed by atoms with Crippen LogP contribution in [0.4, 0.5) is 0 Å². The fourth-order valence-electron chi connectivity index (χ4n) is 3.89. The largest absolute Gasteiger partial charge is 0.497 e. The lowest BCUT2D eigenvalue weighted by molar-refractivity contribution is 0.0627. The Labute approximate surface area is 194 Å². The van der Waals surface area contributed by atoms with Gasteiger partial charge in [-0.15, -0.1) is 0 Å². The number of amides is 1. The lowest BCUT2D eigenvalue weighted by atomic mass is 10.2. The number of carbonyl (C=O) groups excluding carboxylic acids is 1. The number of carbonyl (C=O) groups is 1. The third-order valence-electron chi connectivity index (χ3n) is 5.70. The molecule has 4 aromatic rings. The van der Waals surface area contributed by atoms with Gasteiger partial charge in [0.1, 0.15) is 10.8 Å². The van der Waals surface area contributed by atoms with Crippen molar-refractivity contribution in [3.8, 4) is 16.3 Å². The molecule has 2 aromatic heterocycles. The molecule has 1 saturated heterocycles. The summed E-state index contributed by atoms with van der Waals surface area (Å²) in [5.41, 5.74) is 2.15. The minimum atomic E-state index is -0.191. The zero-order valence-electron chi connectivity index (χ0n) is 18.2. The van der Waals surface area contributed by atoms with Gasteiger partial charge in [-0.25, -0.2) is 4.98 Å². The maximum absolute atomic E-state index is 12.7. The van der Waals surface area contributed by atoms with E-state index in [4.69, 9.17) is 4.74 Å². The van der Waals surface area contributed by atoms with Crippen LogP contribution in [-0.4, -0.2) is 63.6 Å². The van der Waals surface area contributed by atoms with Gasteiger partial charge < -0.3 is 9.64 Å². The maximum atomic E-state index is 12.7. The van der Waals surface area contributed by atoms with Gasteiger partial charge in [0.15, 0.2) is 0 Å². The zero-order valence-corrected chi connectivity index (χ0v) is 19.0. The third kappa shape index (κ3) is 4.50. The van der Waals surface area contributed by atoms with E-state index in [-0.39, 0.29) is 11.5 Å². The number of fused-ring (bicyclic) bond motifs is 1. The summed E-state index contributed by atoms with van der Waals surface area (Å²) in [5.74, 6) is 0.826. The Hall–Kier alpha value is -3.56. The first-order chi connectivity index (χ1) is 16.1. The van der Waals surface area contributed by atoms with Crippen molar-refractivity contribution in [1.29, 1.82) is 0 Å². The van der Waals surface area contributed by atoms with Crippen LogP contribution < -0.4 is 10.3 Å². The van der Waals surface area contributed by atoms with Crippen LogP contribution in [0.2, 0.25) is 0 Å². The fraction of sp³-hybridized carbons (Fsp3) is 0.250. The molecule has 8 nitrogen and oxygen atoms in total. The highest BCUT2D eigenvalue weighted by Crippen LogP contribution is 2.26. The Morgan fingerprint density at radius 2 is 1.76 bits per heavy atom. The number of aromatic nitrogens is 3. The van der Waals surface area contributed by atoms with Gasteiger partial charge in [-0.05, 0) is 36.4 Å². The number of piperazine rings is 1. The van der Waals surface area contributed by atoms with Gasteiger partial charge in [0.05, 0.1) is 12.8 Å². The molecule has 0 aliphatic carbocycles. The van der Waals surface area contributed by atoms with Crippen molar-refractivity contribution in [2.24, 2.45) is 0 Å². The summed E-state index contributed by atoms with van der Waals surface area (Å²) >= 11 is 1.38. The summed E-state index contributed by atoms with van der Waals surface area (Å²) in [4.78, 5) is 34.7. The van der Waals surface area contributed by atoms with Crippen molar-refractivity contribution in [2.45, 2.75) is 6.54 Å². The molecule has 168 valence electrons. The molecule has 1 fully saturated rings. The van der Waals surface area contributed by atoms with E-state index in [1.165, 1.54) is 15.9 Å². The number of methoxy groups -OCH3 is 1. The smallest absolute Gasteiger partial charge is 0.275 e. The van der Waals surface area contributed by atoms with Crippen LogP contribution in [0.25, 0.3) is 15.5 Å². The predicted octanol–water partition coefficient (Wildman–Crippen LogP) is 2.78. The molecule has 1 aliphatic rings. The van der Waals surface area contributed by atoms with E-state index in [2.05, 4.69) is 15.0 Å². The molecule has 0 saturated carbocycles. The summed E-state index contributed by atoms with van der Waals surface area (Å²) < 4.78 is 6.55. The average Bonchev–Trinajstić information content (AvgIpc) is 3.29. The topological polar surface area (TPSA) is 80.0 Å². The minimum Gasteiger partial charge on any atom is -0.497 e. The van der Waals surface area contributed by atoms with Crippen molar-refractivity contribution in [3.63, 3.8) is 0 Å². The molecule has 0 bridgehead atoms. The van der Waals surface area contributed by atoms with Crippen LogP contribution in [0.15, 0.2) is 65.5 Å². The van der Waals surface area contributed by atoms with Crippen molar-refractivity contribution < 1.29 is 9.53 Å². The van der Waals surface area contributed by atoms with Gasteiger partial charge in [0.2, 0.25) is 4.96 Å². The van der Waals surface area contributed by atoms with E-state index in [0.29, 0.717) is 35.9 Å².